The average Bonchev–Trinajstić information content (AvgIpc) is 2.68. The van der Waals surface area contributed by atoms with Gasteiger partial charge in [-0.3, -0.25) is 9.59 Å². The first kappa shape index (κ1) is 20.1. The minimum Gasteiger partial charge on any atom is -0.486 e. The first-order valence-corrected chi connectivity index (χ1v) is 8.33. The van der Waals surface area contributed by atoms with E-state index in [9.17, 15) is 22.8 Å². The van der Waals surface area contributed by atoms with Crippen LogP contribution in [0.2, 0.25) is 0 Å². The van der Waals surface area contributed by atoms with Gasteiger partial charge >= 0.3 is 6.18 Å². The van der Waals surface area contributed by atoms with Crippen molar-refractivity contribution in [2.75, 3.05) is 0 Å². The van der Waals surface area contributed by atoms with Crippen LogP contribution in [0.3, 0.4) is 0 Å². The maximum atomic E-state index is 13.4. The van der Waals surface area contributed by atoms with E-state index in [0.717, 1.165) is 11.6 Å². The van der Waals surface area contributed by atoms with E-state index in [2.05, 4.69) is 9.97 Å². The van der Waals surface area contributed by atoms with Crippen LogP contribution in [0.15, 0.2) is 53.8 Å². The highest BCUT2D eigenvalue weighted by Gasteiger charge is 2.36. The fourth-order valence-electron chi connectivity index (χ4n) is 2.67. The fraction of sp³-hybridized carbons (Fsp3) is 0.158. The molecule has 0 bridgehead atoms. The number of nitrogens with one attached hydrogen (secondary N) is 1. The number of carbonyl (C=O) groups excluding carboxylic acids is 1. The highest BCUT2D eigenvalue weighted by atomic mass is 19.4. The molecule has 3 aromatic rings. The summed E-state index contributed by atoms with van der Waals surface area (Å²) in [5.41, 5.74) is 2.53. The zero-order chi connectivity index (χ0) is 21.2. The van der Waals surface area contributed by atoms with Crippen molar-refractivity contribution >= 4 is 5.91 Å². The maximum Gasteiger partial charge on any atom is 0.431 e. The van der Waals surface area contributed by atoms with E-state index >= 15 is 0 Å². The first-order valence-electron chi connectivity index (χ1n) is 8.33. The Hall–Kier alpha value is -3.69. The van der Waals surface area contributed by atoms with Crippen molar-refractivity contribution in [1.29, 1.82) is 0 Å². The van der Waals surface area contributed by atoms with Crippen LogP contribution in [-0.2, 0) is 6.18 Å². The number of amides is 1. The molecule has 2 heterocycles. The lowest BCUT2D eigenvalue weighted by Gasteiger charge is -2.16. The van der Waals surface area contributed by atoms with E-state index in [-0.39, 0.29) is 17.2 Å². The third-order valence-electron chi connectivity index (χ3n) is 4.12. The molecule has 1 aromatic carbocycles. The fourth-order valence-corrected chi connectivity index (χ4v) is 2.67. The highest BCUT2D eigenvalue weighted by Crippen LogP contribution is 2.36. The Morgan fingerprint density at radius 2 is 1.79 bits per heavy atom. The number of halogens is 3. The van der Waals surface area contributed by atoms with E-state index in [1.807, 2.05) is 0 Å². The molecule has 0 spiro atoms. The molecular weight excluding hydrogens is 389 g/mol. The minimum atomic E-state index is -4.83. The molecule has 1 amide bonds. The first-order chi connectivity index (χ1) is 13.7. The predicted molar refractivity (Wildman–Crippen MR) is 97.1 cm³/mol. The van der Waals surface area contributed by atoms with E-state index in [4.69, 9.17) is 10.5 Å². The summed E-state index contributed by atoms with van der Waals surface area (Å²) in [4.78, 5) is 32.6. The lowest BCUT2D eigenvalue weighted by atomic mass is 10.0. The SMILES string of the molecule is C[C@@H](Oc1ccc(-c2cc(C(N)=O)c(=O)[nH]c2C(F)(F)F)cc1)c1cncnc1. The second-order valence-corrected chi connectivity index (χ2v) is 6.12. The number of nitrogens with zero attached hydrogens (tertiary/aromatic N) is 2. The van der Waals surface area contributed by atoms with Gasteiger partial charge in [0.1, 0.15) is 29.4 Å². The molecule has 0 saturated heterocycles. The van der Waals surface area contributed by atoms with Crippen LogP contribution >= 0.6 is 0 Å². The number of rotatable bonds is 5. The Bertz CT molecular complexity index is 1080. The quantitative estimate of drug-likeness (QED) is 0.679. The van der Waals surface area contributed by atoms with Crippen LogP contribution in [0, 0.1) is 0 Å². The normalized spacial score (nSPS) is 12.4. The molecule has 10 heteroatoms. The molecule has 150 valence electrons. The summed E-state index contributed by atoms with van der Waals surface area (Å²) in [7, 11) is 0. The van der Waals surface area contributed by atoms with Crippen LogP contribution in [0.25, 0.3) is 11.1 Å². The second-order valence-electron chi connectivity index (χ2n) is 6.12. The highest BCUT2D eigenvalue weighted by molar-refractivity contribution is 5.94. The van der Waals surface area contributed by atoms with Gasteiger partial charge < -0.3 is 15.5 Å². The van der Waals surface area contributed by atoms with Crippen LogP contribution in [0.1, 0.15) is 34.6 Å². The Morgan fingerprint density at radius 1 is 1.17 bits per heavy atom. The molecule has 0 aliphatic carbocycles. The van der Waals surface area contributed by atoms with E-state index in [1.165, 1.54) is 30.6 Å². The average molecular weight is 404 g/mol. The predicted octanol–water partition coefficient (Wildman–Crippen LogP) is 3.09. The number of H-pyrrole nitrogens is 1. The van der Waals surface area contributed by atoms with Gasteiger partial charge in [0, 0.05) is 23.5 Å². The number of alkyl halides is 3. The monoisotopic (exact) mass is 404 g/mol. The van der Waals surface area contributed by atoms with Gasteiger partial charge in [0.25, 0.3) is 11.5 Å². The number of benzene rings is 1. The third-order valence-corrected chi connectivity index (χ3v) is 4.12. The molecular formula is C19H15F3N4O3. The second kappa shape index (κ2) is 7.74. The van der Waals surface area contributed by atoms with Crippen molar-refractivity contribution in [3.8, 4) is 16.9 Å². The standard InChI is InChI=1S/C19H15F3N4O3/c1-10(12-7-24-9-25-8-12)29-13-4-2-11(3-5-13)14-6-15(17(23)27)18(28)26-16(14)19(20,21)22/h2-10H,1H3,(H2,23,27)(H,26,28)/t10-/m1/s1. The van der Waals surface area contributed by atoms with Gasteiger partial charge in [-0.2, -0.15) is 13.2 Å². The molecule has 0 aliphatic heterocycles. The van der Waals surface area contributed by atoms with Gasteiger partial charge in [-0.25, -0.2) is 9.97 Å². The Labute approximate surface area is 162 Å². The molecule has 3 N–H and O–H groups in total. The van der Waals surface area contributed by atoms with Crippen LogP contribution < -0.4 is 16.0 Å². The van der Waals surface area contributed by atoms with Gasteiger partial charge in [-0.1, -0.05) is 12.1 Å². The maximum absolute atomic E-state index is 13.4. The molecule has 0 radical (unpaired) electrons. The molecule has 1 atom stereocenters. The number of aromatic nitrogens is 3. The van der Waals surface area contributed by atoms with Crippen LogP contribution in [0.4, 0.5) is 13.2 Å². The van der Waals surface area contributed by atoms with Gasteiger partial charge in [0.05, 0.1) is 0 Å². The van der Waals surface area contributed by atoms with Crippen molar-refractivity contribution in [2.45, 2.75) is 19.2 Å². The summed E-state index contributed by atoms with van der Waals surface area (Å²) in [6.45, 7) is 1.77. The van der Waals surface area contributed by atoms with Gasteiger partial charge in [-0.15, -0.1) is 0 Å². The number of nitrogens with two attached hydrogens (primary N) is 1. The van der Waals surface area contributed by atoms with Crippen molar-refractivity contribution in [2.24, 2.45) is 5.73 Å². The molecule has 0 aliphatic rings. The summed E-state index contributed by atoms with van der Waals surface area (Å²) in [6, 6.07) is 6.56. The van der Waals surface area contributed by atoms with Gasteiger partial charge in [0.2, 0.25) is 0 Å². The molecule has 2 aromatic heterocycles. The Morgan fingerprint density at radius 3 is 2.34 bits per heavy atom. The van der Waals surface area contributed by atoms with Gasteiger partial charge in [0.15, 0.2) is 0 Å². The largest absolute Gasteiger partial charge is 0.486 e. The van der Waals surface area contributed by atoms with Crippen LogP contribution in [-0.4, -0.2) is 20.9 Å². The van der Waals surface area contributed by atoms with Crippen LogP contribution in [0.5, 0.6) is 5.75 Å². The number of hydrogen-bond donors (Lipinski definition) is 2. The Kier molecular flexibility index (Phi) is 5.35. The zero-order valence-electron chi connectivity index (χ0n) is 15.0. The topological polar surface area (TPSA) is 111 Å². The molecule has 0 saturated carbocycles. The number of carbonyl (C=O) groups is 1. The van der Waals surface area contributed by atoms with Crippen molar-refractivity contribution in [3.05, 3.63) is 76.2 Å². The minimum absolute atomic E-state index is 0.124. The number of aromatic amines is 1. The van der Waals surface area contributed by atoms with E-state index in [1.54, 1.807) is 24.3 Å². The lowest BCUT2D eigenvalue weighted by molar-refractivity contribution is -0.140. The van der Waals surface area contributed by atoms with Crippen molar-refractivity contribution in [3.63, 3.8) is 0 Å². The summed E-state index contributed by atoms with van der Waals surface area (Å²) in [5, 5.41) is 0. The molecule has 0 unspecified atom stereocenters. The number of hydrogen-bond acceptors (Lipinski definition) is 5. The van der Waals surface area contributed by atoms with Crippen molar-refractivity contribution < 1.29 is 22.7 Å². The molecule has 3 rings (SSSR count). The summed E-state index contributed by atoms with van der Waals surface area (Å²) >= 11 is 0. The molecule has 29 heavy (non-hydrogen) atoms. The van der Waals surface area contributed by atoms with E-state index < -0.39 is 28.9 Å². The Balaban J connectivity index is 1.96. The smallest absolute Gasteiger partial charge is 0.431 e. The zero-order valence-corrected chi connectivity index (χ0v) is 15.0. The van der Waals surface area contributed by atoms with Gasteiger partial charge in [-0.05, 0) is 30.7 Å². The molecule has 0 fully saturated rings. The van der Waals surface area contributed by atoms with Crippen molar-refractivity contribution in [1.82, 2.24) is 15.0 Å². The summed E-state index contributed by atoms with van der Waals surface area (Å²) in [6.07, 6.45) is -0.655. The summed E-state index contributed by atoms with van der Waals surface area (Å²) in [5.74, 6) is -0.724. The van der Waals surface area contributed by atoms with E-state index in [0.29, 0.717) is 5.75 Å². The third kappa shape index (κ3) is 4.42. The number of ether oxygens (including phenoxy) is 1. The number of primary amides is 1. The lowest BCUT2D eigenvalue weighted by Crippen LogP contribution is -2.27. The number of pyridine rings is 1. The molecule has 7 nitrogen and oxygen atoms in total. The summed E-state index contributed by atoms with van der Waals surface area (Å²) < 4.78 is 45.8.